The highest BCUT2D eigenvalue weighted by Gasteiger charge is 2.14. The fourth-order valence-corrected chi connectivity index (χ4v) is 2.38. The number of aliphatic carboxylic acids is 1. The van der Waals surface area contributed by atoms with E-state index >= 15 is 0 Å². The number of rotatable bonds is 5. The number of carbonyl (C=O) groups is 2. The summed E-state index contributed by atoms with van der Waals surface area (Å²) < 4.78 is 0. The normalized spacial score (nSPS) is 11.7. The first-order valence-electron chi connectivity index (χ1n) is 7.68. The second-order valence-corrected chi connectivity index (χ2v) is 5.60. The van der Waals surface area contributed by atoms with Gasteiger partial charge in [0.05, 0.1) is 11.5 Å². The van der Waals surface area contributed by atoms with Crippen molar-refractivity contribution in [2.75, 3.05) is 0 Å². The maximum atomic E-state index is 11.9. The zero-order chi connectivity index (χ0) is 17.8. The molecule has 1 amide bonds. The molecule has 126 valence electrons. The van der Waals surface area contributed by atoms with Gasteiger partial charge in [0.25, 0.3) is 5.91 Å². The Labute approximate surface area is 144 Å². The standard InChI is InChI=1S/C19H16N2O4/c1-12(19(23)24)13-4-5-15-10-17(7-6-14(15)9-13)25-21-18(22)16-3-2-8-20-11-16/h2-12H,1H3,(H,21,22)(H,23,24)/t12-/m0/s1. The molecule has 3 aromatic rings. The predicted octanol–water partition coefficient (Wildman–Crippen LogP) is 3.15. The van der Waals surface area contributed by atoms with Gasteiger partial charge in [0.1, 0.15) is 0 Å². The summed E-state index contributed by atoms with van der Waals surface area (Å²) in [5, 5.41) is 10.9. The van der Waals surface area contributed by atoms with Crippen LogP contribution >= 0.6 is 0 Å². The number of hydroxylamine groups is 1. The van der Waals surface area contributed by atoms with E-state index in [0.29, 0.717) is 11.3 Å². The van der Waals surface area contributed by atoms with Gasteiger partial charge in [-0.3, -0.25) is 14.6 Å². The molecule has 1 heterocycles. The van der Waals surface area contributed by atoms with E-state index in [2.05, 4.69) is 10.5 Å². The first-order valence-corrected chi connectivity index (χ1v) is 7.68. The second kappa shape index (κ2) is 7.00. The molecule has 1 atom stereocenters. The molecule has 3 rings (SSSR count). The van der Waals surface area contributed by atoms with E-state index in [-0.39, 0.29) is 5.91 Å². The number of benzene rings is 2. The number of pyridine rings is 1. The van der Waals surface area contributed by atoms with Crippen LogP contribution in [0, 0.1) is 0 Å². The molecule has 6 heteroatoms. The molecule has 0 aliphatic heterocycles. The Balaban J connectivity index is 1.74. The average Bonchev–Trinajstić information content (AvgIpc) is 2.65. The second-order valence-electron chi connectivity index (χ2n) is 5.60. The van der Waals surface area contributed by atoms with E-state index in [0.717, 1.165) is 16.3 Å². The van der Waals surface area contributed by atoms with Gasteiger partial charge in [-0.2, -0.15) is 5.48 Å². The van der Waals surface area contributed by atoms with Crippen LogP contribution in [-0.2, 0) is 4.79 Å². The van der Waals surface area contributed by atoms with Crippen molar-refractivity contribution in [2.24, 2.45) is 0 Å². The highest BCUT2D eigenvalue weighted by atomic mass is 16.7. The molecule has 0 spiro atoms. The van der Waals surface area contributed by atoms with Gasteiger partial charge in [0.2, 0.25) is 0 Å². The van der Waals surface area contributed by atoms with E-state index in [1.807, 2.05) is 18.2 Å². The molecule has 0 bridgehead atoms. The Bertz CT molecular complexity index is 925. The maximum absolute atomic E-state index is 11.9. The summed E-state index contributed by atoms with van der Waals surface area (Å²) in [6.07, 6.45) is 3.03. The lowest BCUT2D eigenvalue weighted by Gasteiger charge is -2.10. The van der Waals surface area contributed by atoms with E-state index in [4.69, 9.17) is 9.94 Å². The quantitative estimate of drug-likeness (QED) is 0.699. The smallest absolute Gasteiger partial charge is 0.310 e. The lowest BCUT2D eigenvalue weighted by Crippen LogP contribution is -2.26. The van der Waals surface area contributed by atoms with E-state index in [9.17, 15) is 9.59 Å². The minimum atomic E-state index is -0.864. The van der Waals surface area contributed by atoms with Crippen LogP contribution in [-0.4, -0.2) is 22.0 Å². The van der Waals surface area contributed by atoms with Gasteiger partial charge in [-0.15, -0.1) is 0 Å². The topological polar surface area (TPSA) is 88.5 Å². The van der Waals surface area contributed by atoms with Crippen molar-refractivity contribution in [2.45, 2.75) is 12.8 Å². The fourth-order valence-electron chi connectivity index (χ4n) is 2.38. The Morgan fingerprint density at radius 3 is 2.60 bits per heavy atom. The molecule has 6 nitrogen and oxygen atoms in total. The van der Waals surface area contributed by atoms with Crippen LogP contribution in [0.5, 0.6) is 5.75 Å². The molecule has 0 fully saturated rings. The molecule has 0 aliphatic carbocycles. The Kier molecular flexibility index (Phi) is 4.61. The predicted molar refractivity (Wildman–Crippen MR) is 92.3 cm³/mol. The summed E-state index contributed by atoms with van der Waals surface area (Å²) in [4.78, 5) is 32.2. The Morgan fingerprint density at radius 1 is 1.12 bits per heavy atom. The Morgan fingerprint density at radius 2 is 1.88 bits per heavy atom. The first-order chi connectivity index (χ1) is 12.0. The number of carbonyl (C=O) groups excluding carboxylic acids is 1. The number of nitrogens with zero attached hydrogens (tertiary/aromatic N) is 1. The summed E-state index contributed by atoms with van der Waals surface area (Å²) in [7, 11) is 0. The minimum Gasteiger partial charge on any atom is -0.481 e. The van der Waals surface area contributed by atoms with Crippen LogP contribution in [0.2, 0.25) is 0 Å². The number of fused-ring (bicyclic) bond motifs is 1. The van der Waals surface area contributed by atoms with E-state index in [1.54, 1.807) is 43.5 Å². The molecule has 0 radical (unpaired) electrons. The van der Waals surface area contributed by atoms with Gasteiger partial charge in [-0.05, 0) is 47.5 Å². The molecule has 2 aromatic carbocycles. The monoisotopic (exact) mass is 336 g/mol. The summed E-state index contributed by atoms with van der Waals surface area (Å²) in [5.74, 6) is -1.35. The zero-order valence-electron chi connectivity index (χ0n) is 13.5. The van der Waals surface area contributed by atoms with Crippen molar-refractivity contribution in [1.82, 2.24) is 10.5 Å². The third kappa shape index (κ3) is 3.74. The molecule has 0 saturated heterocycles. The first kappa shape index (κ1) is 16.4. The van der Waals surface area contributed by atoms with Crippen LogP contribution in [0.3, 0.4) is 0 Å². The maximum Gasteiger partial charge on any atom is 0.310 e. The molecule has 0 unspecified atom stereocenters. The number of amides is 1. The van der Waals surface area contributed by atoms with Gasteiger partial charge >= 0.3 is 5.97 Å². The number of hydrogen-bond acceptors (Lipinski definition) is 4. The van der Waals surface area contributed by atoms with Crippen LogP contribution in [0.15, 0.2) is 60.9 Å². The highest BCUT2D eigenvalue weighted by molar-refractivity contribution is 5.93. The average molecular weight is 336 g/mol. The number of carboxylic acids is 1. The van der Waals surface area contributed by atoms with Crippen molar-refractivity contribution in [3.8, 4) is 5.75 Å². The molecular weight excluding hydrogens is 320 g/mol. The van der Waals surface area contributed by atoms with Gasteiger partial charge in [-0.25, -0.2) is 0 Å². The number of carboxylic acid groups (broad SMARTS) is 1. The van der Waals surface area contributed by atoms with Crippen LogP contribution in [0.4, 0.5) is 0 Å². The third-order valence-corrected chi connectivity index (χ3v) is 3.89. The summed E-state index contributed by atoms with van der Waals surface area (Å²) in [6, 6.07) is 14.1. The van der Waals surface area contributed by atoms with Gasteiger partial charge in [0, 0.05) is 12.4 Å². The van der Waals surface area contributed by atoms with Crippen molar-refractivity contribution in [3.05, 3.63) is 72.1 Å². The van der Waals surface area contributed by atoms with Gasteiger partial charge in [0.15, 0.2) is 5.75 Å². The van der Waals surface area contributed by atoms with Crippen LogP contribution in [0.25, 0.3) is 10.8 Å². The summed E-state index contributed by atoms with van der Waals surface area (Å²) in [5.41, 5.74) is 3.50. The van der Waals surface area contributed by atoms with E-state index < -0.39 is 11.9 Å². The molecule has 2 N–H and O–H groups in total. The number of aromatic nitrogens is 1. The highest BCUT2D eigenvalue weighted by Crippen LogP contribution is 2.25. The fraction of sp³-hybridized carbons (Fsp3) is 0.105. The molecule has 0 aliphatic rings. The van der Waals surface area contributed by atoms with Gasteiger partial charge < -0.3 is 9.94 Å². The van der Waals surface area contributed by atoms with Crippen molar-refractivity contribution >= 4 is 22.6 Å². The summed E-state index contributed by atoms with van der Waals surface area (Å²) in [6.45, 7) is 1.65. The number of hydrogen-bond donors (Lipinski definition) is 2. The largest absolute Gasteiger partial charge is 0.481 e. The zero-order valence-corrected chi connectivity index (χ0v) is 13.5. The van der Waals surface area contributed by atoms with Crippen molar-refractivity contribution < 1.29 is 19.5 Å². The molecule has 1 aromatic heterocycles. The SMILES string of the molecule is C[C@H](C(=O)O)c1ccc2cc(ONC(=O)c3cccnc3)ccc2c1. The van der Waals surface area contributed by atoms with Gasteiger partial charge in [-0.1, -0.05) is 24.3 Å². The minimum absolute atomic E-state index is 0.390. The van der Waals surface area contributed by atoms with Crippen molar-refractivity contribution in [3.63, 3.8) is 0 Å². The van der Waals surface area contributed by atoms with Crippen LogP contribution in [0.1, 0.15) is 28.8 Å². The molecule has 0 saturated carbocycles. The third-order valence-electron chi connectivity index (χ3n) is 3.89. The van der Waals surface area contributed by atoms with Crippen molar-refractivity contribution in [1.29, 1.82) is 0 Å². The summed E-state index contributed by atoms with van der Waals surface area (Å²) >= 11 is 0. The molecule has 25 heavy (non-hydrogen) atoms. The van der Waals surface area contributed by atoms with Crippen LogP contribution < -0.4 is 10.3 Å². The lowest BCUT2D eigenvalue weighted by atomic mass is 9.98. The number of nitrogens with one attached hydrogen (secondary N) is 1. The van der Waals surface area contributed by atoms with E-state index in [1.165, 1.54) is 6.20 Å². The molecular formula is C19H16N2O4. The Hall–Kier alpha value is -3.41. The lowest BCUT2D eigenvalue weighted by molar-refractivity contribution is -0.138.